The molecule has 1 aromatic carbocycles. The van der Waals surface area contributed by atoms with Gasteiger partial charge in [-0.05, 0) is 42.5 Å². The molecule has 0 saturated carbocycles. The maximum absolute atomic E-state index is 6.06. The van der Waals surface area contributed by atoms with E-state index in [1.807, 2.05) is 12.1 Å². The van der Waals surface area contributed by atoms with Crippen LogP contribution >= 0.6 is 23.2 Å². The second-order valence-electron chi connectivity index (χ2n) is 5.83. The molecular formula is C15H23Cl2N. The minimum Gasteiger partial charge on any atom is -0.313 e. The fourth-order valence-electron chi connectivity index (χ4n) is 1.91. The zero-order valence-corrected chi connectivity index (χ0v) is 13.2. The lowest BCUT2D eigenvalue weighted by Gasteiger charge is -2.32. The summed E-state index contributed by atoms with van der Waals surface area (Å²) in [6.07, 6.45) is 2.12. The first-order valence-electron chi connectivity index (χ1n) is 6.52. The Labute approximate surface area is 121 Å². The van der Waals surface area contributed by atoms with E-state index in [4.69, 9.17) is 23.2 Å². The van der Waals surface area contributed by atoms with E-state index in [0.29, 0.717) is 16.1 Å². The van der Waals surface area contributed by atoms with E-state index in [1.54, 1.807) is 0 Å². The molecule has 0 spiro atoms. The fourth-order valence-corrected chi connectivity index (χ4v) is 2.23. The van der Waals surface area contributed by atoms with Gasteiger partial charge in [0.15, 0.2) is 0 Å². The third kappa shape index (κ3) is 4.79. The molecule has 0 aromatic heterocycles. The Morgan fingerprint density at radius 3 is 2.33 bits per heavy atom. The summed E-state index contributed by atoms with van der Waals surface area (Å²) in [5.41, 5.74) is 1.45. The number of hydrogen-bond acceptors (Lipinski definition) is 1. The molecule has 102 valence electrons. The second kappa shape index (κ2) is 6.79. The lowest BCUT2D eigenvalue weighted by molar-refractivity contribution is 0.267. The van der Waals surface area contributed by atoms with Crippen molar-refractivity contribution in [2.45, 2.75) is 46.6 Å². The van der Waals surface area contributed by atoms with Crippen LogP contribution in [0.5, 0.6) is 0 Å². The smallest absolute Gasteiger partial charge is 0.0595 e. The van der Waals surface area contributed by atoms with Gasteiger partial charge >= 0.3 is 0 Å². The maximum atomic E-state index is 6.06. The average molecular weight is 288 g/mol. The van der Waals surface area contributed by atoms with Gasteiger partial charge in [-0.2, -0.15) is 0 Å². The summed E-state index contributed by atoms with van der Waals surface area (Å²) >= 11 is 12.0. The highest BCUT2D eigenvalue weighted by Gasteiger charge is 2.24. The first-order chi connectivity index (χ1) is 8.34. The van der Waals surface area contributed by atoms with Gasteiger partial charge in [0.25, 0.3) is 0 Å². The second-order valence-corrected chi connectivity index (χ2v) is 6.64. The third-order valence-electron chi connectivity index (χ3n) is 3.11. The Hall–Kier alpha value is -0.240. The first kappa shape index (κ1) is 15.8. The molecule has 1 atom stereocenters. The molecule has 0 amide bonds. The van der Waals surface area contributed by atoms with E-state index in [2.05, 4.69) is 39.1 Å². The summed E-state index contributed by atoms with van der Waals surface area (Å²) in [4.78, 5) is 0. The zero-order valence-electron chi connectivity index (χ0n) is 11.7. The Balaban J connectivity index is 2.79. The van der Waals surface area contributed by atoms with Crippen LogP contribution in [-0.4, -0.2) is 12.6 Å². The van der Waals surface area contributed by atoms with Crippen molar-refractivity contribution in [1.29, 1.82) is 0 Å². The van der Waals surface area contributed by atoms with E-state index < -0.39 is 0 Å². The van der Waals surface area contributed by atoms with E-state index in [9.17, 15) is 0 Å². The zero-order chi connectivity index (χ0) is 13.8. The van der Waals surface area contributed by atoms with Crippen molar-refractivity contribution in [1.82, 2.24) is 5.32 Å². The van der Waals surface area contributed by atoms with Crippen LogP contribution in [0.2, 0.25) is 10.0 Å². The van der Waals surface area contributed by atoms with Crippen LogP contribution in [0.15, 0.2) is 18.2 Å². The Kier molecular flexibility index (Phi) is 5.97. The number of hydrogen-bond donors (Lipinski definition) is 1. The molecule has 0 aliphatic rings. The van der Waals surface area contributed by atoms with Crippen LogP contribution in [0.1, 0.15) is 39.7 Å². The summed E-state index contributed by atoms with van der Waals surface area (Å²) in [7, 11) is 0. The molecule has 3 heteroatoms. The van der Waals surface area contributed by atoms with Crippen molar-refractivity contribution in [3.8, 4) is 0 Å². The molecule has 0 saturated heterocycles. The standard InChI is InChI=1S/C15H23Cl2N/c1-5-8-18-14(15(2,3)4)10-11-6-7-12(16)13(17)9-11/h6-7,9,14,18H,5,8,10H2,1-4H3. The lowest BCUT2D eigenvalue weighted by Crippen LogP contribution is -2.42. The summed E-state index contributed by atoms with van der Waals surface area (Å²) < 4.78 is 0. The molecule has 1 rings (SSSR count). The molecule has 1 N–H and O–H groups in total. The minimum absolute atomic E-state index is 0.223. The van der Waals surface area contributed by atoms with Gasteiger partial charge in [0.05, 0.1) is 10.0 Å². The molecule has 1 aromatic rings. The van der Waals surface area contributed by atoms with Gasteiger partial charge in [0.2, 0.25) is 0 Å². The Morgan fingerprint density at radius 2 is 1.83 bits per heavy atom. The highest BCUT2D eigenvalue weighted by molar-refractivity contribution is 6.42. The van der Waals surface area contributed by atoms with Gasteiger partial charge < -0.3 is 5.32 Å². The highest BCUT2D eigenvalue weighted by Crippen LogP contribution is 2.26. The Morgan fingerprint density at radius 1 is 1.17 bits per heavy atom. The normalized spacial score (nSPS) is 13.7. The molecule has 0 aliphatic heterocycles. The third-order valence-corrected chi connectivity index (χ3v) is 3.85. The summed E-state index contributed by atoms with van der Waals surface area (Å²) in [6.45, 7) is 10.0. The number of rotatable bonds is 5. The van der Waals surface area contributed by atoms with Gasteiger partial charge in [0.1, 0.15) is 0 Å². The number of benzene rings is 1. The van der Waals surface area contributed by atoms with E-state index >= 15 is 0 Å². The molecular weight excluding hydrogens is 265 g/mol. The van der Waals surface area contributed by atoms with E-state index in [0.717, 1.165) is 19.4 Å². The summed E-state index contributed by atoms with van der Waals surface area (Å²) in [5, 5.41) is 4.87. The van der Waals surface area contributed by atoms with Crippen molar-refractivity contribution < 1.29 is 0 Å². The largest absolute Gasteiger partial charge is 0.313 e. The van der Waals surface area contributed by atoms with Crippen molar-refractivity contribution in [2.24, 2.45) is 5.41 Å². The van der Waals surface area contributed by atoms with Crippen LogP contribution in [0.25, 0.3) is 0 Å². The highest BCUT2D eigenvalue weighted by atomic mass is 35.5. The molecule has 1 unspecified atom stereocenters. The summed E-state index contributed by atoms with van der Waals surface area (Å²) in [5.74, 6) is 0. The van der Waals surface area contributed by atoms with Crippen LogP contribution in [0.4, 0.5) is 0 Å². The van der Waals surface area contributed by atoms with Crippen LogP contribution < -0.4 is 5.32 Å². The lowest BCUT2D eigenvalue weighted by atomic mass is 9.83. The van der Waals surface area contributed by atoms with E-state index in [-0.39, 0.29) is 5.41 Å². The Bertz CT molecular complexity index is 383. The average Bonchev–Trinajstić information content (AvgIpc) is 2.27. The van der Waals surface area contributed by atoms with Gasteiger partial charge in [-0.3, -0.25) is 0 Å². The molecule has 0 fully saturated rings. The predicted octanol–water partition coefficient (Wildman–Crippen LogP) is 4.95. The minimum atomic E-state index is 0.223. The maximum Gasteiger partial charge on any atom is 0.0595 e. The quantitative estimate of drug-likeness (QED) is 0.808. The topological polar surface area (TPSA) is 12.0 Å². The first-order valence-corrected chi connectivity index (χ1v) is 7.27. The number of nitrogens with one attached hydrogen (secondary N) is 1. The van der Waals surface area contributed by atoms with Crippen molar-refractivity contribution in [3.63, 3.8) is 0 Å². The van der Waals surface area contributed by atoms with Gasteiger partial charge in [-0.15, -0.1) is 0 Å². The predicted molar refractivity (Wildman–Crippen MR) is 81.7 cm³/mol. The molecule has 0 bridgehead atoms. The van der Waals surface area contributed by atoms with Crippen molar-refractivity contribution >= 4 is 23.2 Å². The van der Waals surface area contributed by atoms with Crippen LogP contribution in [0, 0.1) is 5.41 Å². The van der Waals surface area contributed by atoms with Crippen LogP contribution in [0.3, 0.4) is 0 Å². The van der Waals surface area contributed by atoms with Crippen molar-refractivity contribution in [2.75, 3.05) is 6.54 Å². The van der Waals surface area contributed by atoms with Gasteiger partial charge in [-0.25, -0.2) is 0 Å². The van der Waals surface area contributed by atoms with Crippen LogP contribution in [-0.2, 0) is 6.42 Å². The van der Waals surface area contributed by atoms with Gasteiger partial charge in [-0.1, -0.05) is 57.0 Å². The van der Waals surface area contributed by atoms with Crippen molar-refractivity contribution in [3.05, 3.63) is 33.8 Å². The van der Waals surface area contributed by atoms with E-state index in [1.165, 1.54) is 5.56 Å². The monoisotopic (exact) mass is 287 g/mol. The number of halogens is 2. The molecule has 1 nitrogen and oxygen atoms in total. The molecule has 0 radical (unpaired) electrons. The fraction of sp³-hybridized carbons (Fsp3) is 0.600. The van der Waals surface area contributed by atoms with Gasteiger partial charge in [0, 0.05) is 6.04 Å². The summed E-state index contributed by atoms with van der Waals surface area (Å²) in [6, 6.07) is 6.34. The molecule has 0 heterocycles. The SMILES string of the molecule is CCCNC(Cc1ccc(Cl)c(Cl)c1)C(C)(C)C. The molecule has 0 aliphatic carbocycles. The molecule has 18 heavy (non-hydrogen) atoms.